The smallest absolute Gasteiger partial charge is 0.0661 e. The summed E-state index contributed by atoms with van der Waals surface area (Å²) in [5.41, 5.74) is 7.03. The Morgan fingerprint density at radius 3 is 2.65 bits per heavy atom. The van der Waals surface area contributed by atoms with E-state index in [2.05, 4.69) is 53.6 Å². The van der Waals surface area contributed by atoms with Gasteiger partial charge in [0.15, 0.2) is 0 Å². The first kappa shape index (κ1) is 12.7. The van der Waals surface area contributed by atoms with E-state index < -0.39 is 0 Å². The molecular weight excluding hydrogens is 244 g/mol. The lowest BCUT2D eigenvalue weighted by Crippen LogP contribution is -1.96. The molecule has 3 rings (SSSR count). The molecule has 0 unspecified atom stereocenters. The number of hydrogen-bond donors (Lipinski definition) is 1. The van der Waals surface area contributed by atoms with Crippen LogP contribution in [0.25, 0.3) is 0 Å². The van der Waals surface area contributed by atoms with Gasteiger partial charge >= 0.3 is 0 Å². The third-order valence-corrected chi connectivity index (χ3v) is 3.49. The summed E-state index contributed by atoms with van der Waals surface area (Å²) >= 11 is 0. The van der Waals surface area contributed by atoms with E-state index >= 15 is 0 Å². The van der Waals surface area contributed by atoms with Crippen LogP contribution < -0.4 is 5.32 Å². The predicted molar refractivity (Wildman–Crippen MR) is 85.8 cm³/mol. The van der Waals surface area contributed by atoms with E-state index in [4.69, 9.17) is 0 Å². The summed E-state index contributed by atoms with van der Waals surface area (Å²) in [7, 11) is 0. The first-order valence-corrected chi connectivity index (χ1v) is 6.89. The molecule has 1 heterocycles. The highest BCUT2D eigenvalue weighted by Gasteiger charge is 2.13. The molecule has 2 aromatic carbocycles. The van der Waals surface area contributed by atoms with E-state index in [1.54, 1.807) is 0 Å². The standard InChI is InChI=1S/C18H18N2/c1-13-7-3-5-9-17(13)19-14(2)11-16-12-15-8-4-6-10-18(15)20-16/h3-11,20H,12H2,1-2H3/b16-11-,19-14+. The Bertz CT molecular complexity index is 669. The van der Waals surface area contributed by atoms with Crippen LogP contribution in [-0.4, -0.2) is 5.71 Å². The molecule has 0 saturated carbocycles. The van der Waals surface area contributed by atoms with E-state index in [0.29, 0.717) is 0 Å². The highest BCUT2D eigenvalue weighted by atomic mass is 14.9. The van der Waals surface area contributed by atoms with Gasteiger partial charge in [0.2, 0.25) is 0 Å². The number of aryl methyl sites for hydroxylation is 1. The molecule has 2 aromatic rings. The molecule has 100 valence electrons. The fourth-order valence-corrected chi connectivity index (χ4v) is 2.47. The number of anilines is 1. The molecule has 0 radical (unpaired) electrons. The van der Waals surface area contributed by atoms with Gasteiger partial charge in [0.25, 0.3) is 0 Å². The average molecular weight is 262 g/mol. The molecule has 1 aliphatic heterocycles. The van der Waals surface area contributed by atoms with Crippen LogP contribution in [0.4, 0.5) is 11.4 Å². The van der Waals surface area contributed by atoms with Crippen molar-refractivity contribution in [2.45, 2.75) is 20.3 Å². The van der Waals surface area contributed by atoms with Crippen LogP contribution in [0.15, 0.2) is 65.3 Å². The second-order valence-electron chi connectivity index (χ2n) is 5.17. The summed E-state index contributed by atoms with van der Waals surface area (Å²) in [6.07, 6.45) is 3.09. The molecular formula is C18H18N2. The fourth-order valence-electron chi connectivity index (χ4n) is 2.47. The van der Waals surface area contributed by atoms with Gasteiger partial charge in [-0.1, -0.05) is 36.4 Å². The summed E-state index contributed by atoms with van der Waals surface area (Å²) in [5.74, 6) is 0. The molecule has 0 amide bonds. The normalized spacial score (nSPS) is 16.1. The third kappa shape index (κ3) is 2.64. The van der Waals surface area contributed by atoms with Crippen molar-refractivity contribution < 1.29 is 0 Å². The molecule has 1 aliphatic rings. The van der Waals surface area contributed by atoms with Crippen LogP contribution in [0, 0.1) is 6.92 Å². The molecule has 0 aliphatic carbocycles. The Labute approximate surface area is 119 Å². The zero-order chi connectivity index (χ0) is 13.9. The summed E-state index contributed by atoms with van der Waals surface area (Å²) in [4.78, 5) is 4.69. The van der Waals surface area contributed by atoms with Gasteiger partial charge in [0.1, 0.15) is 0 Å². The number of para-hydroxylation sites is 2. The predicted octanol–water partition coefficient (Wildman–Crippen LogP) is 4.64. The molecule has 0 fully saturated rings. The molecule has 1 N–H and O–H groups in total. The Kier molecular flexibility index (Phi) is 3.38. The quantitative estimate of drug-likeness (QED) is 0.783. The Balaban J connectivity index is 1.82. The van der Waals surface area contributed by atoms with Gasteiger partial charge in [-0.2, -0.15) is 0 Å². The highest BCUT2D eigenvalue weighted by Crippen LogP contribution is 2.27. The number of nitrogens with zero attached hydrogens (tertiary/aromatic N) is 1. The first-order chi connectivity index (χ1) is 9.72. The number of allylic oxidation sites excluding steroid dienone is 2. The largest absolute Gasteiger partial charge is 0.358 e. The van der Waals surface area contributed by atoms with E-state index in [0.717, 1.165) is 17.8 Å². The van der Waals surface area contributed by atoms with Crippen molar-refractivity contribution >= 4 is 17.1 Å². The van der Waals surface area contributed by atoms with Gasteiger partial charge in [-0.15, -0.1) is 0 Å². The molecule has 2 heteroatoms. The van der Waals surface area contributed by atoms with Gasteiger partial charge in [-0.05, 0) is 43.2 Å². The minimum Gasteiger partial charge on any atom is -0.358 e. The second-order valence-corrected chi connectivity index (χ2v) is 5.17. The van der Waals surface area contributed by atoms with Gasteiger partial charge in [0.05, 0.1) is 5.69 Å². The van der Waals surface area contributed by atoms with Crippen LogP contribution in [0.5, 0.6) is 0 Å². The summed E-state index contributed by atoms with van der Waals surface area (Å²) in [6, 6.07) is 16.6. The molecule has 0 spiro atoms. The van der Waals surface area contributed by atoms with E-state index in [9.17, 15) is 0 Å². The van der Waals surface area contributed by atoms with Crippen molar-refractivity contribution in [3.05, 3.63) is 71.4 Å². The Hall–Kier alpha value is -2.35. The number of fused-ring (bicyclic) bond motifs is 1. The van der Waals surface area contributed by atoms with Crippen LogP contribution in [0.1, 0.15) is 18.1 Å². The lowest BCUT2D eigenvalue weighted by atomic mass is 10.1. The van der Waals surface area contributed by atoms with Crippen LogP contribution >= 0.6 is 0 Å². The average Bonchev–Trinajstić information content (AvgIpc) is 2.83. The maximum Gasteiger partial charge on any atom is 0.0661 e. The highest BCUT2D eigenvalue weighted by molar-refractivity contribution is 5.96. The van der Waals surface area contributed by atoms with Crippen molar-refractivity contribution in [2.24, 2.45) is 4.99 Å². The van der Waals surface area contributed by atoms with Gasteiger partial charge < -0.3 is 5.32 Å². The first-order valence-electron chi connectivity index (χ1n) is 6.89. The Morgan fingerprint density at radius 2 is 1.85 bits per heavy atom. The minimum atomic E-state index is 0.955. The number of nitrogens with one attached hydrogen (secondary N) is 1. The van der Waals surface area contributed by atoms with Crippen molar-refractivity contribution in [1.29, 1.82) is 0 Å². The number of rotatable bonds is 2. The lowest BCUT2D eigenvalue weighted by molar-refractivity contribution is 1.25. The molecule has 0 atom stereocenters. The molecule has 0 saturated heterocycles. The van der Waals surface area contributed by atoms with Gasteiger partial charge in [-0.25, -0.2) is 0 Å². The van der Waals surface area contributed by atoms with Crippen LogP contribution in [0.3, 0.4) is 0 Å². The van der Waals surface area contributed by atoms with Crippen molar-refractivity contribution in [2.75, 3.05) is 5.32 Å². The molecule has 2 nitrogen and oxygen atoms in total. The van der Waals surface area contributed by atoms with Crippen LogP contribution in [0.2, 0.25) is 0 Å². The van der Waals surface area contributed by atoms with Crippen molar-refractivity contribution in [3.8, 4) is 0 Å². The maximum absolute atomic E-state index is 4.69. The summed E-state index contributed by atoms with van der Waals surface area (Å²) in [6.45, 7) is 4.13. The molecule has 20 heavy (non-hydrogen) atoms. The zero-order valence-electron chi connectivity index (χ0n) is 11.9. The zero-order valence-corrected chi connectivity index (χ0v) is 11.9. The van der Waals surface area contributed by atoms with E-state index in [-0.39, 0.29) is 0 Å². The van der Waals surface area contributed by atoms with Gasteiger partial charge in [0, 0.05) is 23.5 Å². The summed E-state index contributed by atoms with van der Waals surface area (Å²) in [5, 5.41) is 3.45. The second kappa shape index (κ2) is 5.33. The van der Waals surface area contributed by atoms with Crippen molar-refractivity contribution in [1.82, 2.24) is 0 Å². The number of benzene rings is 2. The van der Waals surface area contributed by atoms with E-state index in [1.165, 1.54) is 22.5 Å². The Morgan fingerprint density at radius 1 is 1.10 bits per heavy atom. The number of hydrogen-bond acceptors (Lipinski definition) is 2. The fraction of sp³-hybridized carbons (Fsp3) is 0.167. The monoisotopic (exact) mass is 262 g/mol. The van der Waals surface area contributed by atoms with E-state index in [1.807, 2.05) is 25.1 Å². The topological polar surface area (TPSA) is 24.4 Å². The molecule has 0 bridgehead atoms. The van der Waals surface area contributed by atoms with Crippen LogP contribution in [-0.2, 0) is 6.42 Å². The number of aliphatic imine (C=N–C) groups is 1. The minimum absolute atomic E-state index is 0.955. The van der Waals surface area contributed by atoms with Crippen molar-refractivity contribution in [3.63, 3.8) is 0 Å². The molecule has 0 aromatic heterocycles. The third-order valence-electron chi connectivity index (χ3n) is 3.49. The maximum atomic E-state index is 4.69. The SMILES string of the molecule is CC(/C=C1/Cc2ccccc2N1)=N\c1ccccc1C. The van der Waals surface area contributed by atoms with Gasteiger partial charge in [-0.3, -0.25) is 4.99 Å². The summed E-state index contributed by atoms with van der Waals surface area (Å²) < 4.78 is 0. The lowest BCUT2D eigenvalue weighted by Gasteiger charge is -2.02.